The number of carbonyl (C=O) groups excluding carboxylic acids is 3. The molecule has 0 atom stereocenters. The smallest absolute Gasteiger partial charge is 0.289 e. The summed E-state index contributed by atoms with van der Waals surface area (Å²) in [6, 6.07) is 26.4. The van der Waals surface area contributed by atoms with Crippen LogP contribution in [0.4, 0.5) is 0 Å². The highest BCUT2D eigenvalue weighted by atomic mass is 16.3. The molecule has 2 amide bonds. The second-order valence-electron chi connectivity index (χ2n) is 10.7. The Labute approximate surface area is 239 Å². The van der Waals surface area contributed by atoms with Gasteiger partial charge in [-0.15, -0.1) is 0 Å². The molecule has 1 N–H and O–H groups in total. The topological polar surface area (TPSA) is 79.6 Å². The van der Waals surface area contributed by atoms with Crippen molar-refractivity contribution in [2.24, 2.45) is 0 Å². The predicted octanol–water partition coefficient (Wildman–Crippen LogP) is 5.54. The van der Waals surface area contributed by atoms with Crippen LogP contribution in [0.1, 0.15) is 78.5 Å². The van der Waals surface area contributed by atoms with E-state index in [-0.39, 0.29) is 17.2 Å². The highest BCUT2D eigenvalue weighted by Crippen LogP contribution is 2.46. The summed E-state index contributed by atoms with van der Waals surface area (Å²) in [5, 5.41) is 2.96. The van der Waals surface area contributed by atoms with Crippen molar-refractivity contribution in [2.45, 2.75) is 37.6 Å². The highest BCUT2D eigenvalue weighted by Gasteiger charge is 2.42. The van der Waals surface area contributed by atoms with E-state index < -0.39 is 0 Å². The van der Waals surface area contributed by atoms with Gasteiger partial charge in [-0.3, -0.25) is 14.4 Å². The van der Waals surface area contributed by atoms with Crippen molar-refractivity contribution in [1.29, 1.82) is 0 Å². The van der Waals surface area contributed by atoms with Gasteiger partial charge in [0, 0.05) is 36.3 Å². The zero-order valence-electron chi connectivity index (χ0n) is 22.7. The third-order valence-electron chi connectivity index (χ3n) is 8.33. The van der Waals surface area contributed by atoms with Gasteiger partial charge in [-0.1, -0.05) is 60.5 Å². The molecule has 0 unspecified atom stereocenters. The van der Waals surface area contributed by atoms with Crippen LogP contribution in [-0.4, -0.2) is 36.1 Å². The molecule has 0 radical (unpaired) electrons. The molecule has 1 aliphatic carbocycles. The van der Waals surface area contributed by atoms with E-state index in [1.165, 1.54) is 11.1 Å². The SMILES string of the molecule is O=Cc1ccccc1C(=O)NCc1ccc2c(c1)C1(CC2)CCN(C(=O)c2ccc(C#Cc3ccccc3)o2)CC1. The number of amides is 2. The Morgan fingerprint density at radius 1 is 0.902 bits per heavy atom. The number of benzene rings is 3. The number of carbonyl (C=O) groups is 3. The molecule has 6 heteroatoms. The second kappa shape index (κ2) is 11.3. The molecule has 0 bridgehead atoms. The molecule has 6 rings (SSSR count). The third-order valence-corrected chi connectivity index (χ3v) is 8.33. The highest BCUT2D eigenvalue weighted by molar-refractivity contribution is 6.01. The van der Waals surface area contributed by atoms with Gasteiger partial charge in [-0.2, -0.15) is 0 Å². The lowest BCUT2D eigenvalue weighted by Crippen LogP contribution is -2.44. The van der Waals surface area contributed by atoms with Gasteiger partial charge in [0.2, 0.25) is 0 Å². The van der Waals surface area contributed by atoms with E-state index in [2.05, 4.69) is 35.4 Å². The lowest BCUT2D eigenvalue weighted by atomic mass is 9.73. The average molecular weight is 543 g/mol. The summed E-state index contributed by atoms with van der Waals surface area (Å²) >= 11 is 0. The fraction of sp³-hybridized carbons (Fsp3) is 0.229. The van der Waals surface area contributed by atoms with Crippen molar-refractivity contribution >= 4 is 18.1 Å². The molecular weight excluding hydrogens is 512 g/mol. The largest absolute Gasteiger partial charge is 0.443 e. The van der Waals surface area contributed by atoms with Gasteiger partial charge in [0.25, 0.3) is 11.8 Å². The first kappa shape index (κ1) is 26.3. The Morgan fingerprint density at radius 3 is 2.49 bits per heavy atom. The fourth-order valence-electron chi connectivity index (χ4n) is 6.03. The average Bonchev–Trinajstić information content (AvgIpc) is 3.64. The summed E-state index contributed by atoms with van der Waals surface area (Å²) in [5.41, 5.74) is 5.39. The Bertz CT molecular complexity index is 1670. The molecule has 204 valence electrons. The minimum absolute atomic E-state index is 0.0335. The van der Waals surface area contributed by atoms with Gasteiger partial charge in [-0.25, -0.2) is 0 Å². The number of rotatable bonds is 5. The maximum atomic E-state index is 13.2. The molecule has 0 saturated carbocycles. The molecule has 1 saturated heterocycles. The van der Waals surface area contributed by atoms with Crippen molar-refractivity contribution < 1.29 is 18.8 Å². The summed E-state index contributed by atoms with van der Waals surface area (Å²) in [7, 11) is 0. The van der Waals surface area contributed by atoms with E-state index in [0.717, 1.165) is 36.8 Å². The third kappa shape index (κ3) is 5.44. The standard InChI is InChI=1S/C35H30N2O4/c38-24-28-8-4-5-9-30(28)33(39)36-23-26-10-12-27-16-17-35(31(27)22-26)18-20-37(21-19-35)34(40)32-15-14-29(41-32)13-11-25-6-2-1-3-7-25/h1-10,12,14-15,22,24H,16-21,23H2,(H,36,39). The number of hydrogen-bond acceptors (Lipinski definition) is 4. The van der Waals surface area contributed by atoms with E-state index >= 15 is 0 Å². The summed E-state index contributed by atoms with van der Waals surface area (Å²) < 4.78 is 5.78. The minimum atomic E-state index is -0.262. The molecule has 3 aromatic carbocycles. The number of likely N-dealkylation sites (tertiary alicyclic amines) is 1. The molecular formula is C35H30N2O4. The lowest BCUT2D eigenvalue weighted by molar-refractivity contribution is 0.0633. The van der Waals surface area contributed by atoms with Crippen LogP contribution in [0, 0.1) is 11.8 Å². The number of furan rings is 1. The van der Waals surface area contributed by atoms with Gasteiger partial charge in [-0.05, 0) is 84.0 Å². The van der Waals surface area contributed by atoms with Crippen molar-refractivity contribution in [3.8, 4) is 11.8 Å². The van der Waals surface area contributed by atoms with Crippen LogP contribution >= 0.6 is 0 Å². The first-order valence-corrected chi connectivity index (χ1v) is 14.0. The van der Waals surface area contributed by atoms with E-state index in [9.17, 15) is 14.4 Å². The molecule has 6 nitrogen and oxygen atoms in total. The molecule has 2 aliphatic rings. The van der Waals surface area contributed by atoms with E-state index in [1.807, 2.05) is 35.2 Å². The normalized spacial score (nSPS) is 15.1. The van der Waals surface area contributed by atoms with Crippen LogP contribution in [0.3, 0.4) is 0 Å². The quantitative estimate of drug-likeness (QED) is 0.265. The first-order chi connectivity index (χ1) is 20.0. The van der Waals surface area contributed by atoms with Crippen LogP contribution in [0.2, 0.25) is 0 Å². The minimum Gasteiger partial charge on any atom is -0.443 e. The number of piperidine rings is 1. The molecule has 2 heterocycles. The monoisotopic (exact) mass is 542 g/mol. The molecule has 1 spiro atoms. The number of fused-ring (bicyclic) bond motifs is 2. The Morgan fingerprint density at radius 2 is 1.68 bits per heavy atom. The van der Waals surface area contributed by atoms with Gasteiger partial charge >= 0.3 is 0 Å². The van der Waals surface area contributed by atoms with Crippen molar-refractivity contribution in [3.63, 3.8) is 0 Å². The first-order valence-electron chi connectivity index (χ1n) is 14.0. The number of nitrogens with one attached hydrogen (secondary N) is 1. The van der Waals surface area contributed by atoms with Crippen LogP contribution in [0.15, 0.2) is 89.3 Å². The van der Waals surface area contributed by atoms with Gasteiger partial charge in [0.05, 0.1) is 0 Å². The van der Waals surface area contributed by atoms with Crippen molar-refractivity contribution in [2.75, 3.05) is 13.1 Å². The van der Waals surface area contributed by atoms with E-state index in [4.69, 9.17) is 4.42 Å². The second-order valence-corrected chi connectivity index (χ2v) is 10.7. The summed E-state index contributed by atoms with van der Waals surface area (Å²) in [5.74, 6) is 6.49. The van der Waals surface area contributed by atoms with Crippen LogP contribution in [0.25, 0.3) is 0 Å². The van der Waals surface area contributed by atoms with E-state index in [1.54, 1.807) is 36.4 Å². The van der Waals surface area contributed by atoms with Crippen LogP contribution in [-0.2, 0) is 18.4 Å². The molecule has 1 fully saturated rings. The van der Waals surface area contributed by atoms with Gasteiger partial charge in [0.1, 0.15) is 0 Å². The molecule has 41 heavy (non-hydrogen) atoms. The summed E-state index contributed by atoms with van der Waals surface area (Å²) in [4.78, 5) is 39.1. The molecule has 4 aromatic rings. The maximum absolute atomic E-state index is 13.2. The zero-order valence-corrected chi connectivity index (χ0v) is 22.7. The van der Waals surface area contributed by atoms with Crippen molar-refractivity contribution in [3.05, 3.63) is 130 Å². The van der Waals surface area contributed by atoms with Crippen LogP contribution in [0.5, 0.6) is 0 Å². The Hall–Kier alpha value is -4.89. The molecule has 1 aromatic heterocycles. The zero-order chi connectivity index (χ0) is 28.2. The summed E-state index contributed by atoms with van der Waals surface area (Å²) in [6.45, 7) is 1.70. The Kier molecular flexibility index (Phi) is 7.26. The van der Waals surface area contributed by atoms with Gasteiger partial charge < -0.3 is 14.6 Å². The number of hydrogen-bond donors (Lipinski definition) is 1. The molecule has 1 aliphatic heterocycles. The number of nitrogens with zero attached hydrogens (tertiary/aromatic N) is 1. The van der Waals surface area contributed by atoms with Crippen molar-refractivity contribution in [1.82, 2.24) is 10.2 Å². The number of aryl methyl sites for hydroxylation is 1. The predicted molar refractivity (Wildman–Crippen MR) is 156 cm³/mol. The fourth-order valence-corrected chi connectivity index (χ4v) is 6.03. The van der Waals surface area contributed by atoms with Crippen LogP contribution < -0.4 is 5.32 Å². The Balaban J connectivity index is 1.10. The number of aldehydes is 1. The maximum Gasteiger partial charge on any atom is 0.289 e. The lowest BCUT2D eigenvalue weighted by Gasteiger charge is -2.40. The van der Waals surface area contributed by atoms with Gasteiger partial charge in [0.15, 0.2) is 17.8 Å². The van der Waals surface area contributed by atoms with E-state index in [0.29, 0.717) is 48.6 Å². The summed E-state index contributed by atoms with van der Waals surface area (Å²) in [6.07, 6.45) is 4.55.